The predicted octanol–water partition coefficient (Wildman–Crippen LogP) is 3.04. The highest BCUT2D eigenvalue weighted by atomic mass is 16.5. The first-order valence-corrected chi connectivity index (χ1v) is 6.30. The molecule has 0 aliphatic heterocycles. The van der Waals surface area contributed by atoms with Gasteiger partial charge in [0.15, 0.2) is 0 Å². The van der Waals surface area contributed by atoms with Crippen molar-refractivity contribution in [1.82, 2.24) is 0 Å². The van der Waals surface area contributed by atoms with Crippen molar-refractivity contribution < 1.29 is 9.53 Å². The summed E-state index contributed by atoms with van der Waals surface area (Å²) in [6.45, 7) is 3.62. The van der Waals surface area contributed by atoms with E-state index in [9.17, 15) is 4.79 Å². The van der Waals surface area contributed by atoms with Gasteiger partial charge in [-0.05, 0) is 30.2 Å². The van der Waals surface area contributed by atoms with Gasteiger partial charge < -0.3 is 10.5 Å². The third-order valence-electron chi connectivity index (χ3n) is 3.65. The van der Waals surface area contributed by atoms with E-state index in [2.05, 4.69) is 0 Å². The summed E-state index contributed by atoms with van der Waals surface area (Å²) < 4.78 is 4.85. The molecule has 0 aliphatic rings. The molecule has 0 fully saturated rings. The van der Waals surface area contributed by atoms with Crippen LogP contribution in [0.25, 0.3) is 10.8 Å². The first-order valence-electron chi connectivity index (χ1n) is 6.30. The molecule has 3 heteroatoms. The highest BCUT2D eigenvalue weighted by Crippen LogP contribution is 2.35. The van der Waals surface area contributed by atoms with Gasteiger partial charge in [0.1, 0.15) is 0 Å². The quantitative estimate of drug-likeness (QED) is 0.860. The lowest BCUT2D eigenvalue weighted by Crippen LogP contribution is -2.37. The van der Waals surface area contributed by atoms with E-state index in [1.807, 2.05) is 56.3 Å². The second-order valence-corrected chi connectivity index (χ2v) is 5.26. The second-order valence-electron chi connectivity index (χ2n) is 5.26. The Morgan fingerprint density at radius 2 is 1.79 bits per heavy atom. The van der Waals surface area contributed by atoms with Crippen LogP contribution in [0.2, 0.25) is 0 Å². The fraction of sp³-hybridized carbons (Fsp3) is 0.312. The van der Waals surface area contributed by atoms with Gasteiger partial charge in [0.2, 0.25) is 0 Å². The number of esters is 1. The topological polar surface area (TPSA) is 52.3 Å². The molecule has 3 nitrogen and oxygen atoms in total. The van der Waals surface area contributed by atoms with Crippen molar-refractivity contribution in [2.24, 2.45) is 11.1 Å². The first kappa shape index (κ1) is 13.6. The third-order valence-corrected chi connectivity index (χ3v) is 3.65. The number of nitrogens with two attached hydrogens (primary N) is 1. The molecule has 2 N–H and O–H groups in total. The molecule has 0 aromatic heterocycles. The number of benzene rings is 2. The van der Waals surface area contributed by atoms with Crippen LogP contribution in [-0.2, 0) is 9.53 Å². The number of carbonyl (C=O) groups excluding carboxylic acids is 1. The van der Waals surface area contributed by atoms with Gasteiger partial charge >= 0.3 is 5.97 Å². The average molecular weight is 257 g/mol. The standard InChI is InChI=1S/C16H19NO2/c1-16(2,15(18)19-3)14(17)13-10-6-8-11-7-4-5-9-12(11)13/h4-10,14H,17H2,1-3H3. The summed E-state index contributed by atoms with van der Waals surface area (Å²) >= 11 is 0. The van der Waals surface area contributed by atoms with Crippen LogP contribution in [0.15, 0.2) is 42.5 Å². The van der Waals surface area contributed by atoms with Crippen molar-refractivity contribution in [3.05, 3.63) is 48.0 Å². The van der Waals surface area contributed by atoms with E-state index in [0.29, 0.717) is 0 Å². The molecule has 1 atom stereocenters. The van der Waals surface area contributed by atoms with Gasteiger partial charge in [-0.15, -0.1) is 0 Å². The van der Waals surface area contributed by atoms with Crippen LogP contribution in [-0.4, -0.2) is 13.1 Å². The number of rotatable bonds is 3. The minimum atomic E-state index is -0.765. The van der Waals surface area contributed by atoms with Gasteiger partial charge in [-0.2, -0.15) is 0 Å². The molecule has 0 saturated heterocycles. The third kappa shape index (κ3) is 2.34. The van der Waals surface area contributed by atoms with Crippen LogP contribution < -0.4 is 5.73 Å². The molecule has 0 saturated carbocycles. The summed E-state index contributed by atoms with van der Waals surface area (Å²) in [7, 11) is 1.39. The number of ether oxygens (including phenoxy) is 1. The Labute approximate surface area is 113 Å². The van der Waals surface area contributed by atoms with Crippen LogP contribution in [0.5, 0.6) is 0 Å². The Balaban J connectivity index is 2.53. The van der Waals surface area contributed by atoms with Crippen LogP contribution in [0.1, 0.15) is 25.5 Å². The van der Waals surface area contributed by atoms with E-state index in [4.69, 9.17) is 10.5 Å². The minimum Gasteiger partial charge on any atom is -0.469 e. The van der Waals surface area contributed by atoms with Crippen LogP contribution in [0, 0.1) is 5.41 Å². The van der Waals surface area contributed by atoms with Crippen LogP contribution in [0.4, 0.5) is 0 Å². The molecule has 0 bridgehead atoms. The molecular formula is C16H19NO2. The van der Waals surface area contributed by atoms with Gasteiger partial charge in [-0.25, -0.2) is 0 Å². The van der Waals surface area contributed by atoms with E-state index < -0.39 is 11.5 Å². The minimum absolute atomic E-state index is 0.298. The summed E-state index contributed by atoms with van der Waals surface area (Å²) in [6, 6.07) is 13.6. The summed E-state index contributed by atoms with van der Waals surface area (Å²) in [6.07, 6.45) is 0. The molecule has 0 spiro atoms. The number of hydrogen-bond donors (Lipinski definition) is 1. The normalized spacial score (nSPS) is 13.3. The largest absolute Gasteiger partial charge is 0.469 e. The zero-order valence-electron chi connectivity index (χ0n) is 11.5. The monoisotopic (exact) mass is 257 g/mol. The Kier molecular flexibility index (Phi) is 3.58. The lowest BCUT2D eigenvalue weighted by atomic mass is 9.79. The highest BCUT2D eigenvalue weighted by molar-refractivity contribution is 5.87. The van der Waals surface area contributed by atoms with Gasteiger partial charge in [0, 0.05) is 6.04 Å². The van der Waals surface area contributed by atoms with E-state index in [-0.39, 0.29) is 5.97 Å². The van der Waals surface area contributed by atoms with Crippen molar-refractivity contribution in [2.75, 3.05) is 7.11 Å². The Morgan fingerprint density at radius 1 is 1.16 bits per heavy atom. The van der Waals surface area contributed by atoms with E-state index in [0.717, 1.165) is 16.3 Å². The maximum absolute atomic E-state index is 11.9. The zero-order chi connectivity index (χ0) is 14.0. The van der Waals surface area contributed by atoms with Crippen molar-refractivity contribution in [2.45, 2.75) is 19.9 Å². The summed E-state index contributed by atoms with van der Waals surface area (Å²) in [5, 5.41) is 2.20. The molecule has 0 radical (unpaired) electrons. The number of carbonyl (C=O) groups is 1. The first-order chi connectivity index (χ1) is 8.98. The van der Waals surface area contributed by atoms with Crippen LogP contribution >= 0.6 is 0 Å². The molecule has 0 amide bonds. The number of methoxy groups -OCH3 is 1. The number of hydrogen-bond acceptors (Lipinski definition) is 3. The maximum atomic E-state index is 11.9. The Bertz CT molecular complexity index is 599. The van der Waals surface area contributed by atoms with Crippen LogP contribution in [0.3, 0.4) is 0 Å². The zero-order valence-corrected chi connectivity index (χ0v) is 11.5. The molecule has 2 aromatic rings. The van der Waals surface area contributed by atoms with Gasteiger partial charge in [-0.3, -0.25) is 4.79 Å². The van der Waals surface area contributed by atoms with Gasteiger partial charge in [0.05, 0.1) is 12.5 Å². The van der Waals surface area contributed by atoms with Crippen molar-refractivity contribution in [3.8, 4) is 0 Å². The molecular weight excluding hydrogens is 238 g/mol. The summed E-state index contributed by atoms with van der Waals surface area (Å²) in [4.78, 5) is 11.9. The maximum Gasteiger partial charge on any atom is 0.313 e. The lowest BCUT2D eigenvalue weighted by molar-refractivity contribution is -0.152. The number of fused-ring (bicyclic) bond motifs is 1. The average Bonchev–Trinajstić information content (AvgIpc) is 2.44. The van der Waals surface area contributed by atoms with Crippen molar-refractivity contribution in [3.63, 3.8) is 0 Å². The predicted molar refractivity (Wildman–Crippen MR) is 76.7 cm³/mol. The smallest absolute Gasteiger partial charge is 0.313 e. The van der Waals surface area contributed by atoms with Gasteiger partial charge in [-0.1, -0.05) is 42.5 Å². The Hall–Kier alpha value is -1.87. The SMILES string of the molecule is COC(=O)C(C)(C)C(N)c1cccc2ccccc12. The van der Waals surface area contributed by atoms with E-state index in [1.165, 1.54) is 7.11 Å². The lowest BCUT2D eigenvalue weighted by Gasteiger charge is -2.29. The van der Waals surface area contributed by atoms with Gasteiger partial charge in [0.25, 0.3) is 0 Å². The molecule has 0 aliphatic carbocycles. The molecule has 1 unspecified atom stereocenters. The highest BCUT2D eigenvalue weighted by Gasteiger charge is 2.37. The molecule has 19 heavy (non-hydrogen) atoms. The summed E-state index contributed by atoms with van der Waals surface area (Å²) in [5.41, 5.74) is 6.52. The van der Waals surface area contributed by atoms with Crippen molar-refractivity contribution >= 4 is 16.7 Å². The van der Waals surface area contributed by atoms with Crippen molar-refractivity contribution in [1.29, 1.82) is 0 Å². The van der Waals surface area contributed by atoms with E-state index >= 15 is 0 Å². The molecule has 0 heterocycles. The molecule has 100 valence electrons. The second kappa shape index (κ2) is 5.02. The fourth-order valence-electron chi connectivity index (χ4n) is 2.30. The fourth-order valence-corrected chi connectivity index (χ4v) is 2.30. The Morgan fingerprint density at radius 3 is 2.47 bits per heavy atom. The summed E-state index contributed by atoms with van der Waals surface area (Å²) in [5.74, 6) is -0.298. The molecule has 2 aromatic carbocycles. The molecule has 2 rings (SSSR count). The van der Waals surface area contributed by atoms with E-state index in [1.54, 1.807) is 0 Å².